The number of H-pyrrole nitrogens is 1. The molecule has 94 heavy (non-hydrogen) atoms. The van der Waals surface area contributed by atoms with Crippen LogP contribution in [0.4, 0.5) is 5.82 Å². The Kier molecular flexibility index (Phi) is 22.3. The van der Waals surface area contributed by atoms with E-state index in [1.165, 1.54) is 23.2 Å². The van der Waals surface area contributed by atoms with E-state index in [0.29, 0.717) is 16.8 Å². The summed E-state index contributed by atoms with van der Waals surface area (Å²) in [5.41, 5.74) is 0.453. The summed E-state index contributed by atoms with van der Waals surface area (Å²) >= 11 is 6.10. The summed E-state index contributed by atoms with van der Waals surface area (Å²) < 4.78 is 66.8. The minimum atomic E-state index is -4.37. The van der Waals surface area contributed by atoms with Crippen molar-refractivity contribution in [3.63, 3.8) is 0 Å². The van der Waals surface area contributed by atoms with Gasteiger partial charge >= 0.3 is 12.4 Å². The Labute approximate surface area is 566 Å². The molecule has 3 aromatic carbocycles. The summed E-state index contributed by atoms with van der Waals surface area (Å²) in [6.45, 7) is 44.8. The topological polar surface area (TPSA) is 231 Å². The molecule has 2 saturated heterocycles. The van der Waals surface area contributed by atoms with Crippen molar-refractivity contribution in [1.29, 1.82) is 0 Å². The number of carbonyl (C=O) groups excluding carboxylic acids is 1. The van der Waals surface area contributed by atoms with Gasteiger partial charge in [-0.3, -0.25) is 28.2 Å². The Hall–Kier alpha value is -4.31. The first-order chi connectivity index (χ1) is 43.2. The quantitative estimate of drug-likeness (QED) is 0.0400. The first-order valence-electron chi connectivity index (χ1n) is 32.5. The third kappa shape index (κ3) is 16.2. The number of hydrogen-bond acceptors (Lipinski definition) is 16. The molecule has 3 N–H and O–H groups in total. The number of aromatic nitrogens is 6. The molecule has 8 rings (SSSR count). The second kappa shape index (κ2) is 27.8. The Morgan fingerprint density at radius 1 is 0.596 bits per heavy atom. The molecule has 0 saturated carbocycles. The Morgan fingerprint density at radius 2 is 1.07 bits per heavy atom. The lowest BCUT2D eigenvalue weighted by molar-refractivity contribution is -0.0553. The highest BCUT2D eigenvalue weighted by Gasteiger charge is 2.58. The molecule has 2 aliphatic rings. The van der Waals surface area contributed by atoms with Gasteiger partial charge in [0.25, 0.3) is 19.8 Å². The molecule has 6 aromatic rings. The molecule has 5 heterocycles. The summed E-state index contributed by atoms with van der Waals surface area (Å²) in [4.78, 5) is 70.4. The number of hydrogen-bond donors (Lipinski definition) is 3. The average molecular weight is 1420 g/mol. The van der Waals surface area contributed by atoms with Gasteiger partial charge in [0, 0.05) is 17.8 Å². The van der Waals surface area contributed by atoms with Crippen molar-refractivity contribution < 1.29 is 50.3 Å². The fraction of sp³-hybridized carbons (Fsp3) is 0.582. The van der Waals surface area contributed by atoms with Crippen molar-refractivity contribution in [2.45, 2.75) is 237 Å². The molecule has 0 aliphatic carbocycles. The molecule has 20 nitrogen and oxygen atoms in total. The highest BCUT2D eigenvalue weighted by molar-refractivity contribution is 8.07. The summed E-state index contributed by atoms with van der Waals surface area (Å²) in [6, 6.07) is 29.5. The van der Waals surface area contributed by atoms with Crippen LogP contribution in [0.3, 0.4) is 0 Å². The average Bonchev–Trinajstić information content (AvgIpc) is 1.19. The van der Waals surface area contributed by atoms with Gasteiger partial charge in [0.05, 0.1) is 26.1 Å². The molecule has 0 radical (unpaired) electrons. The lowest BCUT2D eigenvalue weighted by atomic mass is 10.1. The number of imidazole rings is 1. The number of rotatable bonds is 23. The predicted molar refractivity (Wildman–Crippen MR) is 388 cm³/mol. The molecule has 0 spiro atoms. The summed E-state index contributed by atoms with van der Waals surface area (Å²) in [5.74, 6) is -0.256. The number of nitrogens with zero attached hydrogens (tertiary/aromatic N) is 5. The fourth-order valence-electron chi connectivity index (χ4n) is 10.8. The fourth-order valence-corrected chi connectivity index (χ4v) is 21.7. The van der Waals surface area contributed by atoms with Gasteiger partial charge in [-0.2, -0.15) is 0 Å². The molecule has 1 amide bonds. The van der Waals surface area contributed by atoms with Gasteiger partial charge in [0.2, 0.25) is 0 Å². The minimum absolute atomic E-state index is 0.0304. The standard InChI is InChI=1S/C67H104N7O13PSSi5/c1-63(2,3)90(16,17)80-42-50-53(84-88(78,89)79-41-49-54(85-91(18,19)64(4,5)6)56(87-93(22,23)66(10,11)12)60(82-49)73-39-38-51(75)71-62(73)77)55(86-92(20,21)65(7,8)9)61(83-50)74-44-70-52-57(68-43-69-58(52)74)72-59(76)48-37-31-30-32-45(48)40-81-94(67(13,14)15,46-33-26-24-27-34-46)47-35-28-25-29-36-47/h24-39,43-44,49-50,53-56,60-61H,40-42H2,1-23H3,(H,78,89)(H,71,75,77)(H,68,69,72,76)/t49-,50-,53-,54-,55-,56-,60-,61-,88?/m1/s1. The van der Waals surface area contributed by atoms with Crippen molar-refractivity contribution in [2.75, 3.05) is 18.5 Å². The van der Waals surface area contributed by atoms with E-state index in [1.807, 2.05) is 54.6 Å². The number of carbonyl (C=O) groups is 1. The van der Waals surface area contributed by atoms with E-state index in [0.717, 1.165) is 10.4 Å². The maximum absolute atomic E-state index is 14.8. The van der Waals surface area contributed by atoms with Crippen LogP contribution in [0.5, 0.6) is 0 Å². The van der Waals surface area contributed by atoms with Crippen molar-refractivity contribution >= 4 is 93.4 Å². The monoisotopic (exact) mass is 1420 g/mol. The highest BCUT2D eigenvalue weighted by Crippen LogP contribution is 2.54. The second-order valence-electron chi connectivity index (χ2n) is 32.2. The van der Waals surface area contributed by atoms with Crippen LogP contribution < -0.4 is 26.9 Å². The van der Waals surface area contributed by atoms with Crippen molar-refractivity contribution in [1.82, 2.24) is 29.1 Å². The maximum Gasteiger partial charge on any atom is 0.330 e. The van der Waals surface area contributed by atoms with Crippen LogP contribution in [-0.4, -0.2) is 131 Å². The Bertz CT molecular complexity index is 3750. The Morgan fingerprint density at radius 3 is 1.59 bits per heavy atom. The lowest BCUT2D eigenvalue weighted by Crippen LogP contribution is -2.66. The van der Waals surface area contributed by atoms with Gasteiger partial charge in [-0.25, -0.2) is 19.7 Å². The molecule has 2 fully saturated rings. The first-order valence-corrected chi connectivity index (χ1v) is 48.6. The lowest BCUT2D eigenvalue weighted by Gasteiger charge is -2.44. The molecule has 0 bridgehead atoms. The van der Waals surface area contributed by atoms with Crippen LogP contribution in [0.15, 0.2) is 119 Å². The predicted octanol–water partition coefficient (Wildman–Crippen LogP) is 13.3. The van der Waals surface area contributed by atoms with E-state index in [2.05, 4.69) is 196 Å². The maximum atomic E-state index is 14.8. The van der Waals surface area contributed by atoms with Crippen LogP contribution >= 0.6 is 6.72 Å². The molecule has 9 atom stereocenters. The van der Waals surface area contributed by atoms with E-state index in [-0.39, 0.29) is 56.3 Å². The number of nitrogens with one attached hydrogen (secondary N) is 2. The molecule has 516 valence electrons. The summed E-state index contributed by atoms with van der Waals surface area (Å²) in [6.07, 6.45) is -3.46. The molecular weight excluding hydrogens is 1310 g/mol. The summed E-state index contributed by atoms with van der Waals surface area (Å²) in [5, 5.41) is 3.93. The van der Waals surface area contributed by atoms with Crippen molar-refractivity contribution in [2.24, 2.45) is 0 Å². The highest BCUT2D eigenvalue weighted by atomic mass is 32.5. The van der Waals surface area contributed by atoms with Gasteiger partial charge in [-0.15, -0.1) is 0 Å². The van der Waals surface area contributed by atoms with Crippen LogP contribution in [0.1, 0.15) is 132 Å². The number of ether oxygens (including phenoxy) is 2. The summed E-state index contributed by atoms with van der Waals surface area (Å²) in [7, 11) is -13.7. The zero-order chi connectivity index (χ0) is 69.8. The zero-order valence-electron chi connectivity index (χ0n) is 59.6. The van der Waals surface area contributed by atoms with Gasteiger partial charge in [-0.05, 0) is 111 Å². The third-order valence-corrected chi connectivity index (χ3v) is 44.9. The molecular formula is C67H104N7O13PSSi5. The van der Waals surface area contributed by atoms with E-state index >= 15 is 0 Å². The van der Waals surface area contributed by atoms with Crippen LogP contribution in [0.25, 0.3) is 11.2 Å². The third-order valence-electron chi connectivity index (χ3n) is 20.5. The van der Waals surface area contributed by atoms with E-state index in [1.54, 1.807) is 17.0 Å². The van der Waals surface area contributed by atoms with Crippen molar-refractivity contribution in [3.8, 4) is 0 Å². The van der Waals surface area contributed by atoms with Crippen LogP contribution in [0, 0.1) is 0 Å². The SMILES string of the molecule is CC(C)(C)[Si](C)(C)OC[C@H]1O[C@@H](n2cnc3c(NC(=O)c4ccccc4CO[Si](c4ccccc4)(c4ccccc4)C(C)(C)C)ncnc32)[C@H](O[Si](C)(C)C(C)(C)C)[C@@H]1OP(O)(=S)OC[C@H]1O[C@@H](n2ccc(=O)[nH]c2=O)[C@H](O[Si](C)(C)C(C)(C)C)[C@@H]1O[Si](C)(C)C(C)(C)C. The largest absolute Gasteiger partial charge is 0.414 e. The smallest absolute Gasteiger partial charge is 0.330 e. The van der Waals surface area contributed by atoms with Gasteiger partial charge in [0.15, 0.2) is 62.7 Å². The van der Waals surface area contributed by atoms with Gasteiger partial charge < -0.3 is 46.3 Å². The Balaban J connectivity index is 1.15. The first kappa shape index (κ1) is 75.5. The number of benzene rings is 3. The number of fused-ring (bicyclic) bond motifs is 1. The van der Waals surface area contributed by atoms with Gasteiger partial charge in [0.1, 0.15) is 43.0 Å². The molecule has 3 aromatic heterocycles. The normalized spacial score (nSPS) is 22.2. The van der Waals surface area contributed by atoms with Crippen LogP contribution in [0.2, 0.25) is 77.6 Å². The number of amides is 1. The number of anilines is 1. The molecule has 27 heteroatoms. The number of aromatic amines is 1. The van der Waals surface area contributed by atoms with Gasteiger partial charge in [-0.1, -0.05) is 183 Å². The molecule has 1 unspecified atom stereocenters. The van der Waals surface area contributed by atoms with Crippen molar-refractivity contribution in [3.05, 3.63) is 142 Å². The van der Waals surface area contributed by atoms with E-state index in [9.17, 15) is 19.3 Å². The van der Waals surface area contributed by atoms with E-state index < -0.39 is 115 Å². The molecule has 2 aliphatic heterocycles. The second-order valence-corrected chi connectivity index (χ2v) is 58.4. The van der Waals surface area contributed by atoms with E-state index in [4.69, 9.17) is 62.4 Å². The minimum Gasteiger partial charge on any atom is -0.414 e. The zero-order valence-corrected chi connectivity index (χ0v) is 66.3. The van der Waals surface area contributed by atoms with Crippen LogP contribution in [-0.2, 0) is 59.1 Å².